The summed E-state index contributed by atoms with van der Waals surface area (Å²) in [4.78, 5) is 34.4. The highest BCUT2D eigenvalue weighted by Crippen LogP contribution is 2.38. The van der Waals surface area contributed by atoms with Crippen molar-refractivity contribution in [3.63, 3.8) is 0 Å². The van der Waals surface area contributed by atoms with Crippen molar-refractivity contribution in [2.24, 2.45) is 0 Å². The van der Waals surface area contributed by atoms with Crippen molar-refractivity contribution in [2.45, 2.75) is 25.3 Å². The van der Waals surface area contributed by atoms with Gasteiger partial charge in [-0.25, -0.2) is 4.79 Å². The number of rotatable bonds is 12. The van der Waals surface area contributed by atoms with Crippen LogP contribution < -0.4 is 10.2 Å². The number of carbonyl (C=O) groups is 2. The summed E-state index contributed by atoms with van der Waals surface area (Å²) in [6.45, 7) is 1.07. The first-order valence-electron chi connectivity index (χ1n) is 9.50. The van der Waals surface area contributed by atoms with Crippen molar-refractivity contribution in [1.29, 1.82) is 0 Å². The van der Waals surface area contributed by atoms with Crippen molar-refractivity contribution in [1.82, 2.24) is 4.57 Å². The molecule has 0 spiro atoms. The fourth-order valence-electron chi connectivity index (χ4n) is 2.96. The lowest BCUT2D eigenvalue weighted by molar-refractivity contribution is -0.138. The van der Waals surface area contributed by atoms with Gasteiger partial charge in [-0.3, -0.25) is 9.59 Å². The molecule has 0 amide bonds. The van der Waals surface area contributed by atoms with Gasteiger partial charge in [0.1, 0.15) is 17.9 Å². The van der Waals surface area contributed by atoms with Crippen LogP contribution in [0.2, 0.25) is 5.02 Å². The third kappa shape index (κ3) is 5.50. The average Bonchev–Trinajstić information content (AvgIpc) is 3.52. The van der Waals surface area contributed by atoms with E-state index in [0.29, 0.717) is 10.5 Å². The third-order valence-electron chi connectivity index (χ3n) is 4.57. The minimum Gasteiger partial charge on any atom is -0.490 e. The van der Waals surface area contributed by atoms with E-state index in [2.05, 4.69) is 0 Å². The zero-order valence-corrected chi connectivity index (χ0v) is 16.9. The van der Waals surface area contributed by atoms with E-state index in [1.165, 1.54) is 12.3 Å². The number of fused-ring (bicyclic) bond motifs is 1. The number of aromatic carboxylic acids is 1. The number of aromatic nitrogens is 1. The van der Waals surface area contributed by atoms with E-state index in [-0.39, 0.29) is 62.2 Å². The number of benzene rings is 1. The molecular formula is C20H22ClNO8. The first kappa shape index (κ1) is 22.1. The first-order valence-corrected chi connectivity index (χ1v) is 9.88. The van der Waals surface area contributed by atoms with E-state index in [4.69, 9.17) is 30.9 Å². The summed E-state index contributed by atoms with van der Waals surface area (Å²) in [5, 5.41) is 18.4. The molecule has 1 aliphatic rings. The van der Waals surface area contributed by atoms with Gasteiger partial charge in [0.05, 0.1) is 48.8 Å². The second kappa shape index (κ2) is 9.92. The normalized spacial score (nSPS) is 13.5. The molecule has 30 heavy (non-hydrogen) atoms. The minimum atomic E-state index is -1.27. The third-order valence-corrected chi connectivity index (χ3v) is 4.87. The summed E-state index contributed by atoms with van der Waals surface area (Å²) in [6, 6.07) is 3.26. The highest BCUT2D eigenvalue weighted by atomic mass is 35.5. The molecule has 0 aliphatic heterocycles. The number of ether oxygens (including phenoxy) is 3. The number of carboxylic acids is 2. The van der Waals surface area contributed by atoms with Crippen molar-refractivity contribution in [3.05, 3.63) is 39.1 Å². The number of nitrogens with zero attached hydrogens (tertiary/aromatic N) is 1. The summed E-state index contributed by atoms with van der Waals surface area (Å²) >= 11 is 6.31. The maximum Gasteiger partial charge on any atom is 0.341 e. The van der Waals surface area contributed by atoms with Crippen LogP contribution in [-0.2, 0) is 14.3 Å². The van der Waals surface area contributed by atoms with Crippen LogP contribution in [0.1, 0.15) is 35.7 Å². The fourth-order valence-corrected chi connectivity index (χ4v) is 3.17. The van der Waals surface area contributed by atoms with Crippen molar-refractivity contribution >= 4 is 34.4 Å². The molecule has 1 aliphatic carbocycles. The Morgan fingerprint density at radius 3 is 2.37 bits per heavy atom. The van der Waals surface area contributed by atoms with Crippen molar-refractivity contribution < 1.29 is 34.0 Å². The quantitative estimate of drug-likeness (QED) is 0.483. The Labute approximate surface area is 176 Å². The largest absolute Gasteiger partial charge is 0.490 e. The van der Waals surface area contributed by atoms with Gasteiger partial charge < -0.3 is 29.0 Å². The highest BCUT2D eigenvalue weighted by Gasteiger charge is 2.27. The lowest BCUT2D eigenvalue weighted by Gasteiger charge is -2.14. The van der Waals surface area contributed by atoms with Crippen molar-refractivity contribution in [3.8, 4) is 5.75 Å². The van der Waals surface area contributed by atoms with E-state index >= 15 is 0 Å². The average molecular weight is 440 g/mol. The molecule has 2 N–H and O–H groups in total. The zero-order chi connectivity index (χ0) is 21.7. The molecule has 2 aromatic rings. The molecule has 0 saturated heterocycles. The van der Waals surface area contributed by atoms with E-state index in [1.54, 1.807) is 10.6 Å². The monoisotopic (exact) mass is 439 g/mol. The standard InChI is InChI=1S/C20H22ClNO8/c21-15-10-16-13(19(25)14(20(26)27)11-22(16)12-1-2-12)9-17(15)30-8-7-29-6-5-28-4-3-18(23)24/h9-12H,1-8H2,(H,23,24)(H,26,27). The molecule has 10 heteroatoms. The molecule has 0 radical (unpaired) electrons. The van der Waals surface area contributed by atoms with Gasteiger partial charge >= 0.3 is 11.9 Å². The maximum atomic E-state index is 12.6. The molecule has 0 unspecified atom stereocenters. The number of aliphatic carboxylic acids is 1. The van der Waals surface area contributed by atoms with Crippen LogP contribution in [0, 0.1) is 0 Å². The van der Waals surface area contributed by atoms with Gasteiger partial charge in [-0.15, -0.1) is 0 Å². The lowest BCUT2D eigenvalue weighted by Crippen LogP contribution is -2.19. The van der Waals surface area contributed by atoms with Crippen molar-refractivity contribution in [2.75, 3.05) is 33.0 Å². The molecule has 1 aromatic carbocycles. The minimum absolute atomic E-state index is 0.0599. The Morgan fingerprint density at radius 2 is 1.73 bits per heavy atom. The fraction of sp³-hybridized carbons (Fsp3) is 0.450. The Hall–Kier alpha value is -2.62. The summed E-state index contributed by atoms with van der Waals surface area (Å²) in [6.07, 6.45) is 3.16. The van der Waals surface area contributed by atoms with Crippen LogP contribution in [0.4, 0.5) is 0 Å². The predicted octanol–water partition coefficient (Wildman–Crippen LogP) is 2.57. The number of hydrogen-bond donors (Lipinski definition) is 2. The van der Waals surface area contributed by atoms with Gasteiger partial charge in [-0.2, -0.15) is 0 Å². The summed E-state index contributed by atoms with van der Waals surface area (Å²) in [5.74, 6) is -1.92. The zero-order valence-electron chi connectivity index (χ0n) is 16.1. The van der Waals surface area contributed by atoms with Gasteiger partial charge in [-0.05, 0) is 25.0 Å². The molecule has 3 rings (SSSR count). The van der Waals surface area contributed by atoms with Gasteiger partial charge in [0, 0.05) is 12.2 Å². The number of pyridine rings is 1. The Kier molecular flexibility index (Phi) is 7.30. The number of hydrogen-bond acceptors (Lipinski definition) is 6. The number of halogens is 1. The molecule has 162 valence electrons. The van der Waals surface area contributed by atoms with Crippen LogP contribution in [0.5, 0.6) is 5.75 Å². The second-order valence-corrected chi connectivity index (χ2v) is 7.24. The Morgan fingerprint density at radius 1 is 1.07 bits per heavy atom. The molecule has 0 atom stereocenters. The van der Waals surface area contributed by atoms with Crippen LogP contribution >= 0.6 is 11.6 Å². The van der Waals surface area contributed by atoms with Gasteiger partial charge in [0.2, 0.25) is 5.43 Å². The van der Waals surface area contributed by atoms with E-state index in [9.17, 15) is 19.5 Å². The molecule has 1 aromatic heterocycles. The highest BCUT2D eigenvalue weighted by molar-refractivity contribution is 6.32. The second-order valence-electron chi connectivity index (χ2n) is 6.83. The predicted molar refractivity (Wildman–Crippen MR) is 108 cm³/mol. The first-order chi connectivity index (χ1) is 14.4. The molecular weight excluding hydrogens is 418 g/mol. The van der Waals surface area contributed by atoms with Gasteiger partial charge in [0.15, 0.2) is 0 Å². The Balaban J connectivity index is 1.62. The van der Waals surface area contributed by atoms with E-state index in [1.807, 2.05) is 0 Å². The smallest absolute Gasteiger partial charge is 0.341 e. The lowest BCUT2D eigenvalue weighted by atomic mass is 10.1. The van der Waals surface area contributed by atoms with E-state index < -0.39 is 17.4 Å². The molecule has 1 saturated carbocycles. The topological polar surface area (TPSA) is 124 Å². The van der Waals surface area contributed by atoms with E-state index in [0.717, 1.165) is 12.8 Å². The molecule has 9 nitrogen and oxygen atoms in total. The van der Waals surface area contributed by atoms with Crippen LogP contribution in [0.3, 0.4) is 0 Å². The maximum absolute atomic E-state index is 12.6. The van der Waals surface area contributed by atoms with Crippen LogP contribution in [0.15, 0.2) is 23.1 Å². The molecule has 0 bridgehead atoms. The summed E-state index contributed by atoms with van der Waals surface area (Å²) in [7, 11) is 0. The van der Waals surface area contributed by atoms with Crippen LogP contribution in [-0.4, -0.2) is 59.8 Å². The molecule has 1 fully saturated rings. The van der Waals surface area contributed by atoms with Gasteiger partial charge in [0.25, 0.3) is 0 Å². The SMILES string of the molecule is O=C(O)CCOCCOCCOc1cc2c(=O)c(C(=O)O)cn(C3CC3)c2cc1Cl. The van der Waals surface area contributed by atoms with Gasteiger partial charge in [-0.1, -0.05) is 11.6 Å². The van der Waals surface area contributed by atoms with Crippen LogP contribution in [0.25, 0.3) is 10.9 Å². The summed E-state index contributed by atoms with van der Waals surface area (Å²) in [5.41, 5.74) is -0.279. The Bertz CT molecular complexity index is 998. The number of carboxylic acid groups (broad SMARTS) is 2. The summed E-state index contributed by atoms with van der Waals surface area (Å²) < 4.78 is 17.8. The molecule has 1 heterocycles.